The molecule has 0 bridgehead atoms. The van der Waals surface area contributed by atoms with E-state index < -0.39 is 129 Å². The van der Waals surface area contributed by atoms with E-state index in [-0.39, 0.29) is 36.4 Å². The van der Waals surface area contributed by atoms with Gasteiger partial charge in [0.15, 0.2) is 11.7 Å². The lowest BCUT2D eigenvalue weighted by Gasteiger charge is -2.41. The molecule has 35 heteroatoms. The highest BCUT2D eigenvalue weighted by molar-refractivity contribution is 5.71. The fourth-order valence-corrected chi connectivity index (χ4v) is 4.31. The van der Waals surface area contributed by atoms with Crippen molar-refractivity contribution >= 4 is 11.7 Å². The van der Waals surface area contributed by atoms with E-state index in [1.165, 1.54) is 0 Å². The Hall–Kier alpha value is -4.66. The molecule has 0 N–H and O–H groups in total. The molecule has 0 heterocycles. The summed E-state index contributed by atoms with van der Waals surface area (Å²) >= 11 is 0. The predicted octanol–water partition coefficient (Wildman–Crippen LogP) is 15.4. The van der Waals surface area contributed by atoms with Gasteiger partial charge in [-0.05, 0) is 24.3 Å². The van der Waals surface area contributed by atoms with Crippen LogP contribution in [0.3, 0.4) is 0 Å². The molecule has 0 unspecified atom stereocenters. The summed E-state index contributed by atoms with van der Waals surface area (Å²) in [6.45, 7) is 0. The molecule has 0 saturated heterocycles. The van der Waals surface area contributed by atoms with Crippen LogP contribution >= 0.6 is 0 Å². The van der Waals surface area contributed by atoms with E-state index in [0.29, 0.717) is 12.1 Å². The molecule has 0 aliphatic rings. The van der Waals surface area contributed by atoms with Gasteiger partial charge in [0, 0.05) is 0 Å². The van der Waals surface area contributed by atoms with Crippen LogP contribution in [0.15, 0.2) is 60.2 Å². The van der Waals surface area contributed by atoms with E-state index in [9.17, 15) is 140 Å². The summed E-state index contributed by atoms with van der Waals surface area (Å²) in [4.78, 5) is 0. The van der Waals surface area contributed by atoms with Crippen molar-refractivity contribution in [2.75, 3.05) is 0 Å². The summed E-state index contributed by atoms with van der Waals surface area (Å²) in [6, 6.07) is 0.0222. The van der Waals surface area contributed by atoms with Crippen molar-refractivity contribution in [1.29, 1.82) is 0 Å². The Morgan fingerprint density at radius 3 is 0.708 bits per heavy atom. The van der Waals surface area contributed by atoms with E-state index in [1.807, 2.05) is 0 Å². The van der Waals surface area contributed by atoms with Crippen molar-refractivity contribution in [1.82, 2.24) is 0 Å². The predicted molar refractivity (Wildman–Crippen MR) is 143 cm³/mol. The summed E-state index contributed by atoms with van der Waals surface area (Å²) in [6.07, 6.45) is -16.1. The number of alkyl halides is 30. The number of halogens is 34. The van der Waals surface area contributed by atoms with Gasteiger partial charge in [0.25, 0.3) is 0 Å². The van der Waals surface area contributed by atoms with E-state index >= 15 is 8.78 Å². The fraction of sp³-hybridized carbons (Fsp3) is 0.467. The summed E-state index contributed by atoms with van der Waals surface area (Å²) in [7, 11) is 0. The third kappa shape index (κ3) is 7.88. The molecule has 0 atom stereocenters. The average molecular weight is 1030 g/mol. The molecule has 0 saturated carbocycles. The Balaban J connectivity index is 2.81. The van der Waals surface area contributed by atoms with Crippen molar-refractivity contribution in [2.45, 2.75) is 83.4 Å². The molecule has 0 amide bonds. The van der Waals surface area contributed by atoms with Crippen molar-refractivity contribution < 1.29 is 154 Å². The standard InChI is InChI=1S/C30H8F34O/c31-13(15(33)17(35,36)19(39,40)21(43,44)23(47,48)25(51,52)27(55,56)29(59,60)61)9-5-1-3-7-11(9)65-12-8-4-2-6-10(12)14(32)16(34)18(37,38)20(41,42)22(45,46)24(49,50)26(53,54)28(57,58)30(62,63)64/h1-8H. The Morgan fingerprint density at radius 2 is 0.477 bits per heavy atom. The van der Waals surface area contributed by atoms with Crippen LogP contribution < -0.4 is 4.74 Å². The molecule has 0 radical (unpaired) electrons. The zero-order valence-electron chi connectivity index (χ0n) is 28.9. The van der Waals surface area contributed by atoms with Crippen molar-refractivity contribution in [3.8, 4) is 11.5 Å². The minimum atomic E-state index is -9.02. The van der Waals surface area contributed by atoms with Crippen LogP contribution in [0.2, 0.25) is 0 Å². The SMILES string of the molecule is FC(=C(F)C(F)(F)C(F)(F)C(F)(F)C(F)(F)C(F)(F)C(F)(F)C(F)(F)F)c1ccccc1Oc1ccccc1C(F)=C(F)C(F)(F)C(F)(F)C(F)(F)C(F)(F)C(F)(F)C(F)(F)C(F)(F)F. The average Bonchev–Trinajstić information content (AvgIpc) is 3.15. The molecule has 0 aliphatic carbocycles. The fourth-order valence-electron chi connectivity index (χ4n) is 4.31. The molecular formula is C30H8F34O. The van der Waals surface area contributed by atoms with Gasteiger partial charge in [0.05, 0.1) is 11.1 Å². The minimum Gasteiger partial charge on any atom is -0.456 e. The third-order valence-corrected chi connectivity index (χ3v) is 8.06. The zero-order chi connectivity index (χ0) is 52.0. The van der Waals surface area contributed by atoms with Gasteiger partial charge in [0.1, 0.15) is 11.5 Å². The minimum absolute atomic E-state index is 0.113. The van der Waals surface area contributed by atoms with Gasteiger partial charge < -0.3 is 4.74 Å². The molecule has 0 fully saturated rings. The lowest BCUT2D eigenvalue weighted by Crippen LogP contribution is -2.72. The monoisotopic (exact) mass is 1030 g/mol. The number of ether oxygens (including phenoxy) is 1. The van der Waals surface area contributed by atoms with Crippen LogP contribution in [0.1, 0.15) is 11.1 Å². The topological polar surface area (TPSA) is 9.23 Å². The summed E-state index contributed by atoms with van der Waals surface area (Å²) in [5.74, 6) is -126. The van der Waals surface area contributed by atoms with E-state index in [1.54, 1.807) is 0 Å². The molecule has 2 aromatic carbocycles. The second kappa shape index (κ2) is 16.0. The first-order chi connectivity index (χ1) is 28.3. The first-order valence-corrected chi connectivity index (χ1v) is 15.0. The maximum atomic E-state index is 15.0. The Labute approximate surface area is 332 Å². The second-order valence-electron chi connectivity index (χ2n) is 12.2. The lowest BCUT2D eigenvalue weighted by atomic mass is 9.90. The van der Waals surface area contributed by atoms with Crippen molar-refractivity contribution in [3.63, 3.8) is 0 Å². The van der Waals surface area contributed by atoms with Crippen LogP contribution in [0.25, 0.3) is 11.7 Å². The first kappa shape index (κ1) is 56.5. The zero-order valence-corrected chi connectivity index (χ0v) is 28.9. The van der Waals surface area contributed by atoms with E-state index in [2.05, 4.69) is 4.74 Å². The molecular weight excluding hydrogens is 1020 g/mol. The maximum Gasteiger partial charge on any atom is 0.460 e. The second-order valence-corrected chi connectivity index (χ2v) is 12.2. The van der Waals surface area contributed by atoms with Gasteiger partial charge in [-0.1, -0.05) is 24.3 Å². The molecule has 2 aromatic rings. The number of para-hydroxylation sites is 2. The Morgan fingerprint density at radius 1 is 0.277 bits per heavy atom. The normalized spacial score (nSPS) is 16.3. The Bertz CT molecular complexity index is 1980. The van der Waals surface area contributed by atoms with E-state index in [0.717, 1.165) is 0 Å². The van der Waals surface area contributed by atoms with Gasteiger partial charge in [0.2, 0.25) is 11.7 Å². The number of hydrogen-bond acceptors (Lipinski definition) is 1. The molecule has 0 aromatic heterocycles. The smallest absolute Gasteiger partial charge is 0.456 e. The molecule has 65 heavy (non-hydrogen) atoms. The van der Waals surface area contributed by atoms with Gasteiger partial charge in [-0.25, -0.2) is 17.6 Å². The molecule has 1 nitrogen and oxygen atoms in total. The van der Waals surface area contributed by atoms with Crippen LogP contribution in [0.5, 0.6) is 11.5 Å². The number of hydrogen-bond donors (Lipinski definition) is 0. The highest BCUT2D eigenvalue weighted by Crippen LogP contribution is 2.65. The van der Waals surface area contributed by atoms with Gasteiger partial charge in [-0.3, -0.25) is 0 Å². The first-order valence-electron chi connectivity index (χ1n) is 15.0. The number of benzene rings is 2. The summed E-state index contributed by atoms with van der Waals surface area (Å²) < 4.78 is 470. The molecule has 2 rings (SSSR count). The van der Waals surface area contributed by atoms with Crippen molar-refractivity contribution in [3.05, 3.63) is 71.3 Å². The summed E-state index contributed by atoms with van der Waals surface area (Å²) in [5, 5.41) is 0. The quantitative estimate of drug-likeness (QED) is 0.152. The lowest BCUT2D eigenvalue weighted by molar-refractivity contribution is -0.450. The van der Waals surface area contributed by atoms with Crippen LogP contribution in [0, 0.1) is 0 Å². The van der Waals surface area contributed by atoms with Crippen LogP contribution in [0.4, 0.5) is 149 Å². The highest BCUT2D eigenvalue weighted by Gasteiger charge is 2.95. The molecule has 0 spiro atoms. The maximum absolute atomic E-state index is 15.0. The van der Waals surface area contributed by atoms with Gasteiger partial charge in [-0.15, -0.1) is 0 Å². The van der Waals surface area contributed by atoms with Gasteiger partial charge >= 0.3 is 83.4 Å². The molecule has 0 aliphatic heterocycles. The van der Waals surface area contributed by atoms with Gasteiger partial charge in [-0.2, -0.15) is 132 Å². The summed E-state index contributed by atoms with van der Waals surface area (Å²) in [5.41, 5.74) is -4.86. The number of allylic oxidation sites excluding steroid dienone is 2. The van der Waals surface area contributed by atoms with Crippen LogP contribution in [-0.4, -0.2) is 83.4 Å². The van der Waals surface area contributed by atoms with E-state index in [4.69, 9.17) is 0 Å². The largest absolute Gasteiger partial charge is 0.460 e. The Kier molecular flexibility index (Phi) is 13.9. The van der Waals surface area contributed by atoms with Crippen molar-refractivity contribution in [2.24, 2.45) is 0 Å². The third-order valence-electron chi connectivity index (χ3n) is 8.06. The number of rotatable bonds is 16. The highest BCUT2D eigenvalue weighted by atomic mass is 19.4. The molecule has 372 valence electrons. The van der Waals surface area contributed by atoms with Crippen LogP contribution in [-0.2, 0) is 0 Å².